The van der Waals surface area contributed by atoms with Gasteiger partial charge in [0.15, 0.2) is 0 Å². The number of nitro groups is 1. The average Bonchev–Trinajstić information content (AvgIpc) is 2.99. The molecule has 1 aromatic carbocycles. The van der Waals surface area contributed by atoms with Gasteiger partial charge in [0.05, 0.1) is 38.5 Å². The first kappa shape index (κ1) is 31.2. The van der Waals surface area contributed by atoms with Crippen molar-refractivity contribution in [1.82, 2.24) is 10.0 Å². The van der Waals surface area contributed by atoms with Gasteiger partial charge in [-0.1, -0.05) is 6.07 Å². The van der Waals surface area contributed by atoms with Crippen LogP contribution in [0, 0.1) is 24.0 Å². The summed E-state index contributed by atoms with van der Waals surface area (Å²) < 4.78 is 11.3. The zero-order valence-electron chi connectivity index (χ0n) is 25.3. The molecule has 217 valence electrons. The Morgan fingerprint density at radius 2 is 1.40 bits per heavy atom. The van der Waals surface area contributed by atoms with Crippen molar-refractivity contribution < 1.29 is 29.2 Å². The van der Waals surface area contributed by atoms with Crippen LogP contribution >= 0.6 is 0 Å². The lowest BCUT2D eigenvalue weighted by molar-refractivity contribution is -0.384. The number of hydroxylamine groups is 2. The fraction of sp³-hybridized carbons (Fsp3) is 0.567. The van der Waals surface area contributed by atoms with E-state index in [-0.39, 0.29) is 39.3 Å². The molecule has 1 fully saturated rings. The van der Waals surface area contributed by atoms with E-state index in [2.05, 4.69) is 4.98 Å². The highest BCUT2D eigenvalue weighted by atomic mass is 16.6. The molecule has 10 heteroatoms. The smallest absolute Gasteiger partial charge is 0.341 e. The van der Waals surface area contributed by atoms with Gasteiger partial charge in [-0.2, -0.15) is 0 Å². The SMILES string of the molecule is Cc1nc(C)c(C(=O)OC(C)(C)C)c(-c2ccc(C3(C)CCC(C)(C)N3[O])cc2[N+](=O)[O-])c1C(=O)OC(C)(C)C. The zero-order chi connectivity index (χ0) is 30.6. The molecule has 0 bridgehead atoms. The van der Waals surface area contributed by atoms with Crippen molar-refractivity contribution in [2.24, 2.45) is 0 Å². The molecule has 0 N–H and O–H groups in total. The maximum Gasteiger partial charge on any atom is 0.341 e. The lowest BCUT2D eigenvalue weighted by atomic mass is 9.86. The van der Waals surface area contributed by atoms with E-state index in [0.717, 1.165) is 5.06 Å². The molecule has 0 spiro atoms. The molecule has 1 radical (unpaired) electrons. The van der Waals surface area contributed by atoms with Gasteiger partial charge in [-0.05, 0) is 101 Å². The lowest BCUT2D eigenvalue weighted by Crippen LogP contribution is -2.44. The minimum Gasteiger partial charge on any atom is -0.456 e. The predicted octanol–water partition coefficient (Wildman–Crippen LogP) is 6.62. The van der Waals surface area contributed by atoms with Crippen molar-refractivity contribution >= 4 is 17.6 Å². The number of nitro benzene ring substituents is 1. The summed E-state index contributed by atoms with van der Waals surface area (Å²) in [6.07, 6.45) is 1.14. The van der Waals surface area contributed by atoms with Crippen molar-refractivity contribution in [1.29, 1.82) is 0 Å². The molecular formula is C30H40N3O7. The van der Waals surface area contributed by atoms with Crippen LogP contribution in [0.2, 0.25) is 0 Å². The molecule has 2 heterocycles. The molecule has 0 amide bonds. The Balaban J connectivity index is 2.40. The van der Waals surface area contributed by atoms with E-state index in [0.29, 0.717) is 18.4 Å². The Morgan fingerprint density at radius 3 is 1.77 bits per heavy atom. The van der Waals surface area contributed by atoms with Crippen molar-refractivity contribution in [3.8, 4) is 11.1 Å². The summed E-state index contributed by atoms with van der Waals surface area (Å²) in [6.45, 7) is 18.8. The second-order valence-electron chi connectivity index (χ2n) is 13.3. The first-order valence-electron chi connectivity index (χ1n) is 13.3. The predicted molar refractivity (Wildman–Crippen MR) is 149 cm³/mol. The van der Waals surface area contributed by atoms with Gasteiger partial charge >= 0.3 is 11.9 Å². The fourth-order valence-corrected chi connectivity index (χ4v) is 5.19. The number of pyridine rings is 1. The highest BCUT2D eigenvalue weighted by Gasteiger charge is 2.50. The highest BCUT2D eigenvalue weighted by Crippen LogP contribution is 2.48. The third-order valence-corrected chi connectivity index (χ3v) is 7.07. The van der Waals surface area contributed by atoms with E-state index in [4.69, 9.17) is 9.47 Å². The van der Waals surface area contributed by atoms with Crippen LogP contribution in [0.1, 0.15) is 113 Å². The minimum absolute atomic E-state index is 0.0163. The van der Waals surface area contributed by atoms with Gasteiger partial charge in [0.25, 0.3) is 5.69 Å². The van der Waals surface area contributed by atoms with Crippen molar-refractivity contribution in [3.05, 3.63) is 56.4 Å². The molecule has 3 rings (SSSR count). The van der Waals surface area contributed by atoms with Gasteiger partial charge in [-0.3, -0.25) is 15.1 Å². The largest absolute Gasteiger partial charge is 0.456 e. The minimum atomic E-state index is -0.987. The van der Waals surface area contributed by atoms with Crippen LogP contribution in [-0.4, -0.2) is 43.7 Å². The summed E-state index contributed by atoms with van der Waals surface area (Å²) in [5.74, 6) is -1.54. The monoisotopic (exact) mass is 554 g/mol. The topological polar surface area (TPSA) is 132 Å². The number of aromatic nitrogens is 1. The summed E-state index contributed by atoms with van der Waals surface area (Å²) in [4.78, 5) is 43.5. The number of hydrogen-bond donors (Lipinski definition) is 0. The van der Waals surface area contributed by atoms with E-state index in [9.17, 15) is 24.9 Å². The van der Waals surface area contributed by atoms with Gasteiger partial charge < -0.3 is 9.47 Å². The molecule has 40 heavy (non-hydrogen) atoms. The van der Waals surface area contributed by atoms with E-state index >= 15 is 0 Å². The van der Waals surface area contributed by atoms with Crippen LogP contribution < -0.4 is 0 Å². The quantitative estimate of drug-likeness (QED) is 0.229. The van der Waals surface area contributed by atoms with Gasteiger partial charge in [-0.25, -0.2) is 9.59 Å². The molecule has 1 aliphatic rings. The number of benzene rings is 1. The van der Waals surface area contributed by atoms with Gasteiger partial charge in [-0.15, -0.1) is 10.3 Å². The maximum absolute atomic E-state index is 13.5. The number of hydrogen-bond acceptors (Lipinski definition) is 8. The fourth-order valence-electron chi connectivity index (χ4n) is 5.19. The van der Waals surface area contributed by atoms with Gasteiger partial charge in [0.2, 0.25) is 0 Å². The summed E-state index contributed by atoms with van der Waals surface area (Å²) in [5.41, 5.74) is -2.82. The Bertz CT molecular complexity index is 1320. The zero-order valence-corrected chi connectivity index (χ0v) is 25.3. The second-order valence-corrected chi connectivity index (χ2v) is 13.3. The van der Waals surface area contributed by atoms with Crippen molar-refractivity contribution in [2.45, 2.75) is 111 Å². The Labute approximate surface area is 235 Å². The molecule has 1 unspecified atom stereocenters. The molecule has 1 aliphatic heterocycles. The summed E-state index contributed by atoms with van der Waals surface area (Å²) in [7, 11) is 0. The number of rotatable bonds is 5. The molecule has 2 aromatic rings. The van der Waals surface area contributed by atoms with Crippen LogP contribution in [0.5, 0.6) is 0 Å². The first-order valence-corrected chi connectivity index (χ1v) is 13.3. The van der Waals surface area contributed by atoms with E-state index in [1.54, 1.807) is 68.4 Å². The Hall–Kier alpha value is -3.37. The number of nitrogens with zero attached hydrogens (tertiary/aromatic N) is 3. The van der Waals surface area contributed by atoms with Gasteiger partial charge in [0.1, 0.15) is 11.2 Å². The summed E-state index contributed by atoms with van der Waals surface area (Å²) in [6, 6.07) is 4.51. The molecule has 1 atom stereocenters. The number of ether oxygens (including phenoxy) is 2. The summed E-state index contributed by atoms with van der Waals surface area (Å²) >= 11 is 0. The molecular weight excluding hydrogens is 514 g/mol. The first-order chi connectivity index (χ1) is 18.1. The number of aryl methyl sites for hydroxylation is 2. The van der Waals surface area contributed by atoms with Crippen LogP contribution in [-0.2, 0) is 20.2 Å². The normalized spacial score (nSPS) is 19.4. The number of carbonyl (C=O) groups excluding carboxylic acids is 2. The van der Waals surface area contributed by atoms with Crippen LogP contribution in [0.15, 0.2) is 18.2 Å². The molecule has 1 saturated heterocycles. The van der Waals surface area contributed by atoms with Crippen LogP contribution in [0.25, 0.3) is 11.1 Å². The number of carbonyl (C=O) groups is 2. The van der Waals surface area contributed by atoms with Crippen LogP contribution in [0.4, 0.5) is 5.69 Å². The van der Waals surface area contributed by atoms with Crippen molar-refractivity contribution in [2.75, 3.05) is 0 Å². The third-order valence-electron chi connectivity index (χ3n) is 7.07. The molecule has 1 aromatic heterocycles. The lowest BCUT2D eigenvalue weighted by Gasteiger charge is -2.35. The van der Waals surface area contributed by atoms with Crippen LogP contribution in [0.3, 0.4) is 0 Å². The standard InChI is InChI=1S/C30H40N3O7/c1-17-22(25(34)39-27(3,4)5)24(23(18(2)31-17)26(35)40-28(6,7)8)20-13-12-19(16-21(20)32(36)37)30(11)15-14-29(9,10)33(30)38/h12-13,16H,14-15H2,1-11H3. The van der Waals surface area contributed by atoms with Crippen molar-refractivity contribution in [3.63, 3.8) is 0 Å². The molecule has 0 saturated carbocycles. The van der Waals surface area contributed by atoms with Gasteiger partial charge in [0, 0.05) is 17.2 Å². The number of esters is 2. The summed E-state index contributed by atoms with van der Waals surface area (Å²) in [5, 5.41) is 26.8. The van der Waals surface area contributed by atoms with E-state index < -0.39 is 39.1 Å². The molecule has 0 aliphatic carbocycles. The van der Waals surface area contributed by atoms with E-state index in [1.165, 1.54) is 12.1 Å². The molecule has 10 nitrogen and oxygen atoms in total. The maximum atomic E-state index is 13.5. The average molecular weight is 555 g/mol. The second kappa shape index (κ2) is 10.2. The van der Waals surface area contributed by atoms with E-state index in [1.807, 2.05) is 13.8 Å². The highest BCUT2D eigenvalue weighted by molar-refractivity contribution is 6.08. The Kier molecular flexibility index (Phi) is 7.97. The third kappa shape index (κ3) is 6.02. The Morgan fingerprint density at radius 1 is 0.925 bits per heavy atom.